The summed E-state index contributed by atoms with van der Waals surface area (Å²) >= 11 is 1.53. The van der Waals surface area contributed by atoms with Crippen LogP contribution < -0.4 is 16.4 Å². The van der Waals surface area contributed by atoms with E-state index in [0.717, 1.165) is 4.88 Å². The molecule has 0 bridgehead atoms. The summed E-state index contributed by atoms with van der Waals surface area (Å²) in [5, 5.41) is 6.95. The van der Waals surface area contributed by atoms with E-state index in [-0.39, 0.29) is 18.1 Å². The predicted molar refractivity (Wildman–Crippen MR) is 86.1 cm³/mol. The van der Waals surface area contributed by atoms with Gasteiger partial charge in [0.25, 0.3) is 5.91 Å². The number of esters is 1. The predicted octanol–water partition coefficient (Wildman–Crippen LogP) is 1.71. The zero-order chi connectivity index (χ0) is 16.7. The molecule has 1 aromatic carbocycles. The van der Waals surface area contributed by atoms with E-state index in [1.807, 2.05) is 17.5 Å². The van der Waals surface area contributed by atoms with Crippen molar-refractivity contribution >= 4 is 34.9 Å². The standard InChI is InChI=1S/C15H15N3O4S/c16-15(21)18-11-5-3-10(4-6-11)14(20)22-9-13(19)17-8-12-2-1-7-23-12/h1-7H,8-9H2,(H,17,19)(H3,16,18,21). The van der Waals surface area contributed by atoms with Crippen LogP contribution in [0.5, 0.6) is 0 Å². The van der Waals surface area contributed by atoms with E-state index >= 15 is 0 Å². The van der Waals surface area contributed by atoms with Crippen LogP contribution in [0.2, 0.25) is 0 Å². The van der Waals surface area contributed by atoms with Gasteiger partial charge in [-0.05, 0) is 35.7 Å². The third-order valence-electron chi connectivity index (χ3n) is 2.76. The lowest BCUT2D eigenvalue weighted by Crippen LogP contribution is -2.28. The molecule has 0 atom stereocenters. The Kier molecular flexibility index (Phi) is 5.70. The summed E-state index contributed by atoms with van der Waals surface area (Å²) in [6.07, 6.45) is 0. The normalized spacial score (nSPS) is 9.91. The van der Waals surface area contributed by atoms with E-state index in [1.54, 1.807) is 0 Å². The summed E-state index contributed by atoms with van der Waals surface area (Å²) < 4.78 is 4.92. The van der Waals surface area contributed by atoms with Gasteiger partial charge in [-0.3, -0.25) is 4.79 Å². The Morgan fingerprint density at radius 3 is 2.48 bits per heavy atom. The van der Waals surface area contributed by atoms with Crippen molar-refractivity contribution < 1.29 is 19.1 Å². The fraction of sp³-hybridized carbons (Fsp3) is 0.133. The first-order chi connectivity index (χ1) is 11.0. The maximum atomic E-state index is 11.8. The molecule has 1 aromatic heterocycles. The Hall–Kier alpha value is -2.87. The lowest BCUT2D eigenvalue weighted by molar-refractivity contribution is -0.124. The number of nitrogens with one attached hydrogen (secondary N) is 2. The van der Waals surface area contributed by atoms with E-state index in [0.29, 0.717) is 12.2 Å². The number of amides is 3. The maximum absolute atomic E-state index is 11.8. The van der Waals surface area contributed by atoms with Crippen LogP contribution in [0.25, 0.3) is 0 Å². The molecule has 23 heavy (non-hydrogen) atoms. The summed E-state index contributed by atoms with van der Waals surface area (Å²) in [6.45, 7) is 0.0486. The Balaban J connectivity index is 1.77. The molecule has 0 fully saturated rings. The number of nitrogens with two attached hydrogens (primary N) is 1. The van der Waals surface area contributed by atoms with Gasteiger partial charge in [-0.2, -0.15) is 0 Å². The largest absolute Gasteiger partial charge is 0.452 e. The van der Waals surface area contributed by atoms with Gasteiger partial charge in [0.2, 0.25) is 0 Å². The van der Waals surface area contributed by atoms with Crippen molar-refractivity contribution in [2.45, 2.75) is 6.54 Å². The highest BCUT2D eigenvalue weighted by Crippen LogP contribution is 2.10. The second-order valence-electron chi connectivity index (χ2n) is 4.50. The lowest BCUT2D eigenvalue weighted by Gasteiger charge is -2.06. The van der Waals surface area contributed by atoms with Crippen molar-refractivity contribution in [1.29, 1.82) is 0 Å². The van der Waals surface area contributed by atoms with Gasteiger partial charge in [0.1, 0.15) is 0 Å². The number of primary amides is 1. The van der Waals surface area contributed by atoms with Gasteiger partial charge in [-0.1, -0.05) is 6.07 Å². The molecule has 0 aliphatic heterocycles. The highest BCUT2D eigenvalue weighted by molar-refractivity contribution is 7.09. The molecule has 4 N–H and O–H groups in total. The topological polar surface area (TPSA) is 111 Å². The number of anilines is 1. The first-order valence-electron chi connectivity index (χ1n) is 6.67. The third kappa shape index (κ3) is 5.44. The summed E-state index contributed by atoms with van der Waals surface area (Å²) in [4.78, 5) is 35.1. The molecule has 0 radical (unpaired) electrons. The van der Waals surface area contributed by atoms with E-state index in [1.165, 1.54) is 35.6 Å². The third-order valence-corrected chi connectivity index (χ3v) is 3.64. The van der Waals surface area contributed by atoms with Crippen LogP contribution in [0.4, 0.5) is 10.5 Å². The molecule has 0 unspecified atom stereocenters. The molecule has 8 heteroatoms. The summed E-state index contributed by atoms with van der Waals surface area (Å²) in [7, 11) is 0. The minimum Gasteiger partial charge on any atom is -0.452 e. The van der Waals surface area contributed by atoms with Crippen LogP contribution in [0.1, 0.15) is 15.2 Å². The second kappa shape index (κ2) is 7.95. The van der Waals surface area contributed by atoms with Gasteiger partial charge < -0.3 is 21.1 Å². The van der Waals surface area contributed by atoms with E-state index < -0.39 is 12.0 Å². The van der Waals surface area contributed by atoms with Crippen LogP contribution >= 0.6 is 11.3 Å². The average molecular weight is 333 g/mol. The quantitative estimate of drug-likeness (QED) is 0.699. The van der Waals surface area contributed by atoms with Crippen LogP contribution in [0, 0.1) is 0 Å². The fourth-order valence-corrected chi connectivity index (χ4v) is 2.34. The number of urea groups is 1. The van der Waals surface area contributed by atoms with Gasteiger partial charge in [0.05, 0.1) is 12.1 Å². The molecule has 0 aliphatic carbocycles. The monoisotopic (exact) mass is 333 g/mol. The number of hydrogen-bond donors (Lipinski definition) is 3. The molecule has 2 rings (SSSR count). The smallest absolute Gasteiger partial charge is 0.338 e. The van der Waals surface area contributed by atoms with Gasteiger partial charge >= 0.3 is 12.0 Å². The van der Waals surface area contributed by atoms with Crippen molar-refractivity contribution in [3.63, 3.8) is 0 Å². The molecule has 0 saturated carbocycles. The van der Waals surface area contributed by atoms with E-state index in [4.69, 9.17) is 10.5 Å². The molecule has 1 heterocycles. The zero-order valence-electron chi connectivity index (χ0n) is 12.1. The highest BCUT2D eigenvalue weighted by atomic mass is 32.1. The van der Waals surface area contributed by atoms with Gasteiger partial charge in [-0.25, -0.2) is 9.59 Å². The van der Waals surface area contributed by atoms with Crippen LogP contribution in [-0.4, -0.2) is 24.5 Å². The van der Waals surface area contributed by atoms with Crippen LogP contribution in [0.3, 0.4) is 0 Å². The molecule has 0 aliphatic rings. The molecule has 120 valence electrons. The van der Waals surface area contributed by atoms with Crippen molar-refractivity contribution in [2.24, 2.45) is 5.73 Å². The molecular weight excluding hydrogens is 318 g/mol. The molecular formula is C15H15N3O4S. The summed E-state index contributed by atoms with van der Waals surface area (Å²) in [5.41, 5.74) is 5.71. The number of carbonyl (C=O) groups is 3. The molecule has 2 aromatic rings. The number of hydrogen-bond acceptors (Lipinski definition) is 5. The highest BCUT2D eigenvalue weighted by Gasteiger charge is 2.10. The molecule has 0 saturated heterocycles. The maximum Gasteiger partial charge on any atom is 0.338 e. The van der Waals surface area contributed by atoms with Crippen LogP contribution in [0.15, 0.2) is 41.8 Å². The minimum absolute atomic E-state index is 0.270. The Labute approximate surface area is 136 Å². The zero-order valence-corrected chi connectivity index (χ0v) is 12.9. The number of carbonyl (C=O) groups excluding carboxylic acids is 3. The molecule has 3 amide bonds. The fourth-order valence-electron chi connectivity index (χ4n) is 1.70. The van der Waals surface area contributed by atoms with Gasteiger partial charge in [-0.15, -0.1) is 11.3 Å². The van der Waals surface area contributed by atoms with Crippen molar-refractivity contribution in [3.05, 3.63) is 52.2 Å². The number of thiophene rings is 1. The first kappa shape index (κ1) is 16.5. The van der Waals surface area contributed by atoms with Crippen molar-refractivity contribution in [2.75, 3.05) is 11.9 Å². The second-order valence-corrected chi connectivity index (χ2v) is 5.53. The number of benzene rings is 1. The Morgan fingerprint density at radius 2 is 1.87 bits per heavy atom. The van der Waals surface area contributed by atoms with E-state index in [2.05, 4.69) is 10.6 Å². The summed E-state index contributed by atoms with van der Waals surface area (Å²) in [6, 6.07) is 9.06. The SMILES string of the molecule is NC(=O)Nc1ccc(C(=O)OCC(=O)NCc2cccs2)cc1. The van der Waals surface area contributed by atoms with Gasteiger partial charge in [0.15, 0.2) is 6.61 Å². The van der Waals surface area contributed by atoms with Gasteiger partial charge in [0, 0.05) is 10.6 Å². The lowest BCUT2D eigenvalue weighted by atomic mass is 10.2. The Bertz CT molecular complexity index is 683. The summed E-state index contributed by atoms with van der Waals surface area (Å²) in [5.74, 6) is -0.999. The molecule has 0 spiro atoms. The van der Waals surface area contributed by atoms with Crippen molar-refractivity contribution in [3.8, 4) is 0 Å². The van der Waals surface area contributed by atoms with E-state index in [9.17, 15) is 14.4 Å². The van der Waals surface area contributed by atoms with Crippen LogP contribution in [-0.2, 0) is 16.1 Å². The number of rotatable bonds is 6. The average Bonchev–Trinajstić information content (AvgIpc) is 3.04. The number of ether oxygens (including phenoxy) is 1. The Morgan fingerprint density at radius 1 is 1.13 bits per heavy atom. The first-order valence-corrected chi connectivity index (χ1v) is 7.55. The molecule has 7 nitrogen and oxygen atoms in total. The van der Waals surface area contributed by atoms with Crippen molar-refractivity contribution in [1.82, 2.24) is 5.32 Å². The minimum atomic E-state index is -0.692.